The summed E-state index contributed by atoms with van der Waals surface area (Å²) >= 11 is 0. The number of rotatable bonds is 5. The fraction of sp³-hybridized carbons (Fsp3) is 0.222. The Bertz CT molecular complexity index is 1090. The summed E-state index contributed by atoms with van der Waals surface area (Å²) in [4.78, 5) is 12.2. The predicted octanol–water partition coefficient (Wildman–Crippen LogP) is 1.69. The maximum absolute atomic E-state index is 12.8. The molecular weight excluding hydrogens is 396 g/mol. The first kappa shape index (κ1) is 19.0. The second-order valence-corrected chi connectivity index (χ2v) is 8.42. The molecule has 0 radical (unpaired) electrons. The van der Waals surface area contributed by atoms with Gasteiger partial charge in [-0.15, -0.1) is 10.2 Å². The molecule has 0 atom stereocenters. The Balaban J connectivity index is 1.42. The van der Waals surface area contributed by atoms with Crippen LogP contribution in [0, 0.1) is 10.1 Å². The smallest absolute Gasteiger partial charge is 0.269 e. The maximum atomic E-state index is 12.8. The Hall–Kier alpha value is -3.31. The monoisotopic (exact) mass is 414 g/mol. The molecular formula is C18H18N6O4S. The molecule has 1 aliphatic rings. The normalized spacial score (nSPS) is 15.4. The minimum atomic E-state index is -3.70. The van der Waals surface area contributed by atoms with E-state index < -0.39 is 14.9 Å². The van der Waals surface area contributed by atoms with Gasteiger partial charge in [0, 0.05) is 50.7 Å². The molecule has 4 rings (SSSR count). The lowest BCUT2D eigenvalue weighted by atomic mass is 10.3. The Morgan fingerprint density at radius 1 is 0.862 bits per heavy atom. The van der Waals surface area contributed by atoms with E-state index in [0.717, 1.165) is 0 Å². The average Bonchev–Trinajstić information content (AvgIpc) is 3.29. The van der Waals surface area contributed by atoms with E-state index in [1.54, 1.807) is 0 Å². The third-order valence-electron chi connectivity index (χ3n) is 4.75. The van der Waals surface area contributed by atoms with Crippen LogP contribution < -0.4 is 4.90 Å². The van der Waals surface area contributed by atoms with Gasteiger partial charge in [-0.1, -0.05) is 0 Å². The molecule has 0 N–H and O–H groups in total. The first-order valence-electron chi connectivity index (χ1n) is 8.92. The lowest BCUT2D eigenvalue weighted by Gasteiger charge is -2.34. The Morgan fingerprint density at radius 3 is 2.00 bits per heavy atom. The maximum Gasteiger partial charge on any atom is 0.269 e. The van der Waals surface area contributed by atoms with E-state index in [9.17, 15) is 18.5 Å². The SMILES string of the molecule is O=[N+]([O-])c1ccc(S(=O)(=O)N2CCN(c3ccc(-n4cccc4)nn3)CC2)cc1. The quantitative estimate of drug-likeness (QED) is 0.461. The van der Waals surface area contributed by atoms with E-state index in [1.807, 2.05) is 46.1 Å². The van der Waals surface area contributed by atoms with Crippen LogP contribution >= 0.6 is 0 Å². The van der Waals surface area contributed by atoms with E-state index in [0.29, 0.717) is 37.8 Å². The van der Waals surface area contributed by atoms with E-state index in [1.165, 1.54) is 28.6 Å². The zero-order valence-electron chi connectivity index (χ0n) is 15.3. The van der Waals surface area contributed by atoms with Gasteiger partial charge in [-0.25, -0.2) is 8.42 Å². The number of hydrogen-bond acceptors (Lipinski definition) is 7. The number of sulfonamides is 1. The lowest BCUT2D eigenvalue weighted by Crippen LogP contribution is -2.49. The molecule has 11 heteroatoms. The Kier molecular flexibility index (Phi) is 4.99. The Morgan fingerprint density at radius 2 is 1.45 bits per heavy atom. The van der Waals surface area contributed by atoms with E-state index in [-0.39, 0.29) is 10.6 Å². The van der Waals surface area contributed by atoms with Crippen LogP contribution in [-0.2, 0) is 10.0 Å². The van der Waals surface area contributed by atoms with Crippen molar-refractivity contribution in [1.29, 1.82) is 0 Å². The molecule has 0 spiro atoms. The third-order valence-corrected chi connectivity index (χ3v) is 6.67. The molecule has 0 saturated carbocycles. The largest absolute Gasteiger partial charge is 0.352 e. The number of anilines is 1. The summed E-state index contributed by atoms with van der Waals surface area (Å²) in [5, 5.41) is 19.2. The Labute approximate surface area is 167 Å². The van der Waals surface area contributed by atoms with Crippen LogP contribution in [0.3, 0.4) is 0 Å². The summed E-state index contributed by atoms with van der Waals surface area (Å²) in [6.45, 7) is 1.54. The van der Waals surface area contributed by atoms with Crippen molar-refractivity contribution in [1.82, 2.24) is 19.1 Å². The van der Waals surface area contributed by atoms with Gasteiger partial charge in [-0.2, -0.15) is 4.31 Å². The molecule has 1 aliphatic heterocycles. The van der Waals surface area contributed by atoms with E-state index >= 15 is 0 Å². The van der Waals surface area contributed by atoms with Gasteiger partial charge >= 0.3 is 0 Å². The summed E-state index contributed by atoms with van der Waals surface area (Å²) in [5.74, 6) is 1.39. The van der Waals surface area contributed by atoms with Crippen LogP contribution in [0.5, 0.6) is 0 Å². The molecule has 0 amide bonds. The van der Waals surface area contributed by atoms with Gasteiger partial charge in [0.05, 0.1) is 9.82 Å². The number of nitro benzene ring substituents is 1. The highest BCUT2D eigenvalue weighted by molar-refractivity contribution is 7.89. The van der Waals surface area contributed by atoms with Crippen LogP contribution in [-0.4, -0.2) is 58.6 Å². The second kappa shape index (κ2) is 7.60. The first-order valence-corrected chi connectivity index (χ1v) is 10.4. The highest BCUT2D eigenvalue weighted by atomic mass is 32.2. The van der Waals surface area contributed by atoms with Gasteiger partial charge in [0.15, 0.2) is 11.6 Å². The number of benzene rings is 1. The van der Waals surface area contributed by atoms with Crippen molar-refractivity contribution in [2.75, 3.05) is 31.1 Å². The first-order chi connectivity index (χ1) is 13.9. The molecule has 3 aromatic rings. The highest BCUT2D eigenvalue weighted by Crippen LogP contribution is 2.22. The minimum absolute atomic E-state index is 0.0485. The van der Waals surface area contributed by atoms with Gasteiger partial charge < -0.3 is 9.47 Å². The molecule has 0 bridgehead atoms. The number of piperazine rings is 1. The highest BCUT2D eigenvalue weighted by Gasteiger charge is 2.29. The topological polar surface area (TPSA) is 114 Å². The van der Waals surface area contributed by atoms with Crippen molar-refractivity contribution in [2.45, 2.75) is 4.90 Å². The molecule has 0 aliphatic carbocycles. The molecule has 10 nitrogen and oxygen atoms in total. The molecule has 150 valence electrons. The molecule has 29 heavy (non-hydrogen) atoms. The van der Waals surface area contributed by atoms with E-state index in [4.69, 9.17) is 0 Å². The average molecular weight is 414 g/mol. The van der Waals surface area contributed by atoms with Gasteiger partial charge in [0.2, 0.25) is 10.0 Å². The fourth-order valence-electron chi connectivity index (χ4n) is 3.16. The summed E-state index contributed by atoms with van der Waals surface area (Å²) in [6, 6.07) is 12.5. The van der Waals surface area contributed by atoms with Crippen LogP contribution in [0.15, 0.2) is 65.8 Å². The molecule has 3 heterocycles. The van der Waals surface area contributed by atoms with Crippen molar-refractivity contribution in [2.24, 2.45) is 0 Å². The summed E-state index contributed by atoms with van der Waals surface area (Å²) in [7, 11) is -3.70. The summed E-state index contributed by atoms with van der Waals surface area (Å²) in [6.07, 6.45) is 3.76. The standard InChI is InChI=1S/C18H18N6O4S/c25-24(26)15-3-5-16(6-4-15)29(27,28)23-13-11-22(12-14-23)18-8-7-17(19-20-18)21-9-1-2-10-21/h1-10H,11-14H2. The molecule has 1 aromatic carbocycles. The number of nitrogens with zero attached hydrogens (tertiary/aromatic N) is 6. The summed E-state index contributed by atoms with van der Waals surface area (Å²) in [5.41, 5.74) is -0.143. The second-order valence-electron chi connectivity index (χ2n) is 6.48. The van der Waals surface area contributed by atoms with Crippen LogP contribution in [0.1, 0.15) is 0 Å². The lowest BCUT2D eigenvalue weighted by molar-refractivity contribution is -0.384. The van der Waals surface area contributed by atoms with Crippen molar-refractivity contribution in [3.8, 4) is 5.82 Å². The van der Waals surface area contributed by atoms with Gasteiger partial charge in [-0.05, 0) is 36.4 Å². The van der Waals surface area contributed by atoms with Crippen molar-refractivity contribution < 1.29 is 13.3 Å². The third kappa shape index (κ3) is 3.82. The number of hydrogen-bond donors (Lipinski definition) is 0. The zero-order valence-corrected chi connectivity index (χ0v) is 16.1. The zero-order chi connectivity index (χ0) is 20.4. The van der Waals surface area contributed by atoms with Crippen LogP contribution in [0.25, 0.3) is 5.82 Å². The van der Waals surface area contributed by atoms with Gasteiger partial charge in [0.25, 0.3) is 5.69 Å². The molecule has 1 fully saturated rings. The number of non-ortho nitro benzene ring substituents is 1. The fourth-order valence-corrected chi connectivity index (χ4v) is 4.58. The predicted molar refractivity (Wildman–Crippen MR) is 105 cm³/mol. The summed E-state index contributed by atoms with van der Waals surface area (Å²) < 4.78 is 28.8. The van der Waals surface area contributed by atoms with Crippen LogP contribution in [0.4, 0.5) is 11.5 Å². The van der Waals surface area contributed by atoms with Crippen molar-refractivity contribution in [3.63, 3.8) is 0 Å². The molecule has 2 aromatic heterocycles. The van der Waals surface area contributed by atoms with Crippen molar-refractivity contribution in [3.05, 3.63) is 71.0 Å². The van der Waals surface area contributed by atoms with Gasteiger partial charge in [-0.3, -0.25) is 10.1 Å². The van der Waals surface area contributed by atoms with Gasteiger partial charge in [0.1, 0.15) is 0 Å². The minimum Gasteiger partial charge on any atom is -0.352 e. The van der Waals surface area contributed by atoms with E-state index in [2.05, 4.69) is 10.2 Å². The molecule has 1 saturated heterocycles. The van der Waals surface area contributed by atoms with Crippen molar-refractivity contribution >= 4 is 21.5 Å². The van der Waals surface area contributed by atoms with Crippen LogP contribution in [0.2, 0.25) is 0 Å². The molecule has 0 unspecified atom stereocenters. The number of nitro groups is 1. The number of aromatic nitrogens is 3.